The first-order valence-corrected chi connectivity index (χ1v) is 4.58. The van der Waals surface area contributed by atoms with Crippen molar-refractivity contribution in [2.45, 2.75) is 33.1 Å². The highest BCUT2D eigenvalue weighted by Crippen LogP contribution is 1.97. The zero-order valence-electron chi connectivity index (χ0n) is 8.05. The second-order valence-corrected chi connectivity index (χ2v) is 2.94. The molecule has 0 radical (unpaired) electrons. The number of hydrogen-bond donors (Lipinski definition) is 1. The number of hydrogen-bond acceptors (Lipinski definition) is 2. The van der Waals surface area contributed by atoms with E-state index in [2.05, 4.69) is 6.92 Å². The van der Waals surface area contributed by atoms with Crippen LogP contribution in [0.2, 0.25) is 0 Å². The second-order valence-electron chi connectivity index (χ2n) is 2.94. The average molecular weight is 173 g/mol. The van der Waals surface area contributed by atoms with Gasteiger partial charge in [-0.3, -0.25) is 4.79 Å². The van der Waals surface area contributed by atoms with E-state index in [4.69, 9.17) is 5.11 Å². The van der Waals surface area contributed by atoms with Gasteiger partial charge in [-0.1, -0.05) is 6.92 Å². The van der Waals surface area contributed by atoms with Crippen LogP contribution in [0.4, 0.5) is 0 Å². The molecule has 0 aromatic rings. The first-order valence-electron chi connectivity index (χ1n) is 4.58. The topological polar surface area (TPSA) is 40.5 Å². The molecule has 0 rings (SSSR count). The van der Waals surface area contributed by atoms with Crippen LogP contribution in [0.5, 0.6) is 0 Å². The summed E-state index contributed by atoms with van der Waals surface area (Å²) in [4.78, 5) is 12.8. The molecule has 0 aliphatic rings. The van der Waals surface area contributed by atoms with E-state index >= 15 is 0 Å². The Labute approximate surface area is 74.4 Å². The fourth-order valence-electron chi connectivity index (χ4n) is 1.11. The first-order chi connectivity index (χ1) is 5.72. The maximum atomic E-state index is 11.0. The van der Waals surface area contributed by atoms with Crippen molar-refractivity contribution in [2.75, 3.05) is 19.7 Å². The third-order valence-electron chi connectivity index (χ3n) is 1.77. The Balaban J connectivity index is 3.56. The Morgan fingerprint density at radius 1 is 1.33 bits per heavy atom. The number of aliphatic hydroxyl groups excluding tert-OH is 1. The molecule has 0 aromatic carbocycles. The molecule has 0 atom stereocenters. The van der Waals surface area contributed by atoms with Crippen molar-refractivity contribution in [1.82, 2.24) is 4.90 Å². The van der Waals surface area contributed by atoms with Crippen molar-refractivity contribution in [3.05, 3.63) is 0 Å². The van der Waals surface area contributed by atoms with E-state index in [0.717, 1.165) is 32.4 Å². The van der Waals surface area contributed by atoms with Gasteiger partial charge < -0.3 is 10.0 Å². The molecular formula is C9H19NO2. The molecule has 0 aliphatic carbocycles. The number of carbonyl (C=O) groups excluding carboxylic acids is 1. The third kappa shape index (κ3) is 5.13. The molecule has 72 valence electrons. The van der Waals surface area contributed by atoms with E-state index in [-0.39, 0.29) is 12.5 Å². The van der Waals surface area contributed by atoms with E-state index < -0.39 is 0 Å². The van der Waals surface area contributed by atoms with Crippen LogP contribution in [-0.4, -0.2) is 35.6 Å². The van der Waals surface area contributed by atoms with E-state index in [1.54, 1.807) is 6.92 Å². The van der Waals surface area contributed by atoms with Gasteiger partial charge in [0.05, 0.1) is 0 Å². The predicted molar refractivity (Wildman–Crippen MR) is 48.9 cm³/mol. The SMILES string of the molecule is CCCN(CCCCO)C(C)=O. The van der Waals surface area contributed by atoms with Crippen LogP contribution in [0, 0.1) is 0 Å². The summed E-state index contributed by atoms with van der Waals surface area (Å²) >= 11 is 0. The van der Waals surface area contributed by atoms with Crippen molar-refractivity contribution in [3.8, 4) is 0 Å². The summed E-state index contributed by atoms with van der Waals surface area (Å²) in [7, 11) is 0. The molecule has 0 saturated heterocycles. The first kappa shape index (κ1) is 11.4. The van der Waals surface area contributed by atoms with E-state index in [9.17, 15) is 4.79 Å². The predicted octanol–water partition coefficient (Wildman–Crippen LogP) is 1.02. The number of rotatable bonds is 6. The second kappa shape index (κ2) is 7.10. The molecule has 1 amide bonds. The van der Waals surface area contributed by atoms with Gasteiger partial charge in [-0.2, -0.15) is 0 Å². The normalized spacial score (nSPS) is 9.92. The van der Waals surface area contributed by atoms with Crippen molar-refractivity contribution < 1.29 is 9.90 Å². The molecule has 1 N–H and O–H groups in total. The van der Waals surface area contributed by atoms with Gasteiger partial charge in [-0.25, -0.2) is 0 Å². The number of carbonyl (C=O) groups is 1. The van der Waals surface area contributed by atoms with Crippen LogP contribution >= 0.6 is 0 Å². The maximum absolute atomic E-state index is 11.0. The molecule has 0 saturated carbocycles. The minimum Gasteiger partial charge on any atom is -0.396 e. The summed E-state index contributed by atoms with van der Waals surface area (Å²) in [5.74, 6) is 0.134. The van der Waals surface area contributed by atoms with Crippen molar-refractivity contribution >= 4 is 5.91 Å². The number of nitrogens with zero attached hydrogens (tertiary/aromatic N) is 1. The lowest BCUT2D eigenvalue weighted by Gasteiger charge is -2.19. The van der Waals surface area contributed by atoms with Gasteiger partial charge in [0, 0.05) is 26.6 Å². The summed E-state index contributed by atoms with van der Waals surface area (Å²) in [6, 6.07) is 0. The molecular weight excluding hydrogens is 154 g/mol. The molecule has 12 heavy (non-hydrogen) atoms. The third-order valence-corrected chi connectivity index (χ3v) is 1.77. The molecule has 0 unspecified atom stereocenters. The Bertz CT molecular complexity index is 126. The fourth-order valence-corrected chi connectivity index (χ4v) is 1.11. The summed E-state index contributed by atoms with van der Waals surface area (Å²) in [6.07, 6.45) is 2.68. The highest BCUT2D eigenvalue weighted by atomic mass is 16.2. The van der Waals surface area contributed by atoms with Gasteiger partial charge in [0.25, 0.3) is 0 Å². The molecule has 0 aromatic heterocycles. The monoisotopic (exact) mass is 173 g/mol. The van der Waals surface area contributed by atoms with Crippen molar-refractivity contribution in [1.29, 1.82) is 0 Å². The number of aliphatic hydroxyl groups is 1. The van der Waals surface area contributed by atoms with Gasteiger partial charge in [0.1, 0.15) is 0 Å². The average Bonchev–Trinajstić information content (AvgIpc) is 2.03. The Morgan fingerprint density at radius 2 is 2.00 bits per heavy atom. The summed E-state index contributed by atoms with van der Waals surface area (Å²) in [5.41, 5.74) is 0. The number of amides is 1. The quantitative estimate of drug-likeness (QED) is 0.609. The van der Waals surface area contributed by atoms with Gasteiger partial charge in [0.2, 0.25) is 5.91 Å². The zero-order chi connectivity index (χ0) is 9.40. The van der Waals surface area contributed by atoms with Crippen LogP contribution in [0.3, 0.4) is 0 Å². The van der Waals surface area contributed by atoms with Crippen molar-refractivity contribution in [2.24, 2.45) is 0 Å². The molecule has 0 spiro atoms. The maximum Gasteiger partial charge on any atom is 0.219 e. The van der Waals surface area contributed by atoms with Crippen LogP contribution < -0.4 is 0 Å². The van der Waals surface area contributed by atoms with Gasteiger partial charge >= 0.3 is 0 Å². The Kier molecular flexibility index (Phi) is 6.76. The molecule has 0 aliphatic heterocycles. The zero-order valence-corrected chi connectivity index (χ0v) is 8.05. The van der Waals surface area contributed by atoms with Crippen LogP contribution in [0.15, 0.2) is 0 Å². The van der Waals surface area contributed by atoms with E-state index in [1.807, 2.05) is 4.90 Å². The van der Waals surface area contributed by atoms with Gasteiger partial charge in [-0.15, -0.1) is 0 Å². The highest BCUT2D eigenvalue weighted by Gasteiger charge is 2.05. The fraction of sp³-hybridized carbons (Fsp3) is 0.889. The van der Waals surface area contributed by atoms with Gasteiger partial charge in [0.15, 0.2) is 0 Å². The lowest BCUT2D eigenvalue weighted by Crippen LogP contribution is -2.30. The Morgan fingerprint density at radius 3 is 2.42 bits per heavy atom. The van der Waals surface area contributed by atoms with Crippen molar-refractivity contribution in [3.63, 3.8) is 0 Å². The highest BCUT2D eigenvalue weighted by molar-refractivity contribution is 5.73. The largest absolute Gasteiger partial charge is 0.396 e. The molecule has 3 nitrogen and oxygen atoms in total. The molecule has 0 fully saturated rings. The summed E-state index contributed by atoms with van der Waals surface area (Å²) in [6.45, 7) is 5.49. The summed E-state index contributed by atoms with van der Waals surface area (Å²) < 4.78 is 0. The minimum atomic E-state index is 0.134. The lowest BCUT2D eigenvalue weighted by atomic mass is 10.3. The van der Waals surface area contributed by atoms with Crippen LogP contribution in [-0.2, 0) is 4.79 Å². The summed E-state index contributed by atoms with van der Waals surface area (Å²) in [5, 5.41) is 8.54. The molecule has 3 heteroatoms. The molecule has 0 heterocycles. The van der Waals surface area contributed by atoms with Crippen LogP contribution in [0.25, 0.3) is 0 Å². The van der Waals surface area contributed by atoms with E-state index in [0.29, 0.717) is 0 Å². The standard InChI is InChI=1S/C9H19NO2/c1-3-6-10(9(2)12)7-4-5-8-11/h11H,3-8H2,1-2H3. The molecule has 0 bridgehead atoms. The smallest absolute Gasteiger partial charge is 0.219 e. The lowest BCUT2D eigenvalue weighted by molar-refractivity contribution is -0.129. The van der Waals surface area contributed by atoms with Gasteiger partial charge in [-0.05, 0) is 19.3 Å². The minimum absolute atomic E-state index is 0.134. The van der Waals surface area contributed by atoms with E-state index in [1.165, 1.54) is 0 Å². The Hall–Kier alpha value is -0.570. The number of unbranched alkanes of at least 4 members (excludes halogenated alkanes) is 1. The van der Waals surface area contributed by atoms with Crippen LogP contribution in [0.1, 0.15) is 33.1 Å².